The highest BCUT2D eigenvalue weighted by Crippen LogP contribution is 2.36. The number of aryl methyl sites for hydroxylation is 1. The van der Waals surface area contributed by atoms with E-state index >= 15 is 0 Å². The highest BCUT2D eigenvalue weighted by atomic mass is 16.6. The molecule has 0 aliphatic carbocycles. The van der Waals surface area contributed by atoms with Crippen molar-refractivity contribution in [1.29, 1.82) is 0 Å². The summed E-state index contributed by atoms with van der Waals surface area (Å²) in [4.78, 5) is 24.5. The van der Waals surface area contributed by atoms with Crippen LogP contribution >= 0.6 is 0 Å². The first-order valence-electron chi connectivity index (χ1n) is 10.1. The molecule has 4 aromatic rings. The van der Waals surface area contributed by atoms with E-state index in [1.807, 2.05) is 61.5 Å². The Morgan fingerprint density at radius 1 is 0.969 bits per heavy atom. The molecule has 0 aliphatic rings. The molecule has 6 nitrogen and oxygen atoms in total. The summed E-state index contributed by atoms with van der Waals surface area (Å²) < 4.78 is 21.8. The summed E-state index contributed by atoms with van der Waals surface area (Å²) in [5.41, 5.74) is 3.08. The van der Waals surface area contributed by atoms with E-state index in [1.165, 1.54) is 6.07 Å². The summed E-state index contributed by atoms with van der Waals surface area (Å²) in [5.74, 6) is 0.646. The van der Waals surface area contributed by atoms with Crippen LogP contribution in [0.3, 0.4) is 0 Å². The average Bonchev–Trinajstić information content (AvgIpc) is 2.81. The van der Waals surface area contributed by atoms with Gasteiger partial charge in [0.25, 0.3) is 0 Å². The number of fused-ring (bicyclic) bond motifs is 1. The maximum Gasteiger partial charge on any atom is 0.344 e. The van der Waals surface area contributed by atoms with Crippen LogP contribution in [-0.2, 0) is 16.1 Å². The molecule has 0 aliphatic heterocycles. The second-order valence-electron chi connectivity index (χ2n) is 7.28. The van der Waals surface area contributed by atoms with E-state index in [2.05, 4.69) is 0 Å². The zero-order valence-electron chi connectivity index (χ0n) is 17.8. The Morgan fingerprint density at radius 2 is 1.72 bits per heavy atom. The van der Waals surface area contributed by atoms with Crippen molar-refractivity contribution in [2.24, 2.45) is 0 Å². The number of hydrogen-bond acceptors (Lipinski definition) is 6. The first kappa shape index (κ1) is 21.2. The van der Waals surface area contributed by atoms with Crippen LogP contribution in [0.25, 0.3) is 22.1 Å². The fraction of sp³-hybridized carbons (Fsp3) is 0.154. The molecule has 0 atom stereocenters. The smallest absolute Gasteiger partial charge is 0.344 e. The summed E-state index contributed by atoms with van der Waals surface area (Å²) in [6, 6.07) is 21.7. The van der Waals surface area contributed by atoms with Gasteiger partial charge in [0.2, 0.25) is 0 Å². The molecule has 1 aromatic heterocycles. The van der Waals surface area contributed by atoms with Crippen LogP contribution in [0.2, 0.25) is 0 Å². The zero-order valence-corrected chi connectivity index (χ0v) is 17.8. The lowest BCUT2D eigenvalue weighted by Crippen LogP contribution is -2.15. The van der Waals surface area contributed by atoms with Gasteiger partial charge in [0, 0.05) is 11.6 Å². The summed E-state index contributed by atoms with van der Waals surface area (Å²) >= 11 is 0. The minimum absolute atomic E-state index is 0.170. The summed E-state index contributed by atoms with van der Waals surface area (Å²) in [6.07, 6.45) is 0. The monoisotopic (exact) mass is 430 g/mol. The number of carbonyl (C=O) groups is 1. The molecule has 0 fully saturated rings. The van der Waals surface area contributed by atoms with Crippen LogP contribution in [0.4, 0.5) is 0 Å². The minimum Gasteiger partial charge on any atom is -0.497 e. The molecule has 162 valence electrons. The van der Waals surface area contributed by atoms with Crippen molar-refractivity contribution in [2.45, 2.75) is 13.5 Å². The number of ether oxygens (including phenoxy) is 3. The average molecular weight is 430 g/mol. The van der Waals surface area contributed by atoms with Crippen LogP contribution in [0.1, 0.15) is 11.1 Å². The molecule has 0 unspecified atom stereocenters. The van der Waals surface area contributed by atoms with Gasteiger partial charge >= 0.3 is 11.6 Å². The van der Waals surface area contributed by atoms with E-state index in [9.17, 15) is 9.59 Å². The van der Waals surface area contributed by atoms with E-state index in [0.717, 1.165) is 16.7 Å². The SMILES string of the molecule is COc1ccc(-c2cc(=O)oc3cc(C)cc(OCC(=O)OCc4ccccc4)c23)cc1. The van der Waals surface area contributed by atoms with Gasteiger partial charge in [-0.05, 0) is 47.9 Å². The summed E-state index contributed by atoms with van der Waals surface area (Å²) in [7, 11) is 1.59. The predicted molar refractivity (Wildman–Crippen MR) is 121 cm³/mol. The molecular formula is C26H22O6. The van der Waals surface area contributed by atoms with Crippen molar-refractivity contribution in [2.75, 3.05) is 13.7 Å². The van der Waals surface area contributed by atoms with Crippen molar-refractivity contribution in [3.8, 4) is 22.6 Å². The molecule has 4 rings (SSSR count). The normalized spacial score (nSPS) is 10.7. The van der Waals surface area contributed by atoms with Crippen molar-refractivity contribution in [1.82, 2.24) is 0 Å². The van der Waals surface area contributed by atoms with Gasteiger partial charge in [0.1, 0.15) is 23.7 Å². The van der Waals surface area contributed by atoms with Crippen LogP contribution in [0.5, 0.6) is 11.5 Å². The van der Waals surface area contributed by atoms with Crippen LogP contribution in [-0.4, -0.2) is 19.7 Å². The fourth-order valence-corrected chi connectivity index (χ4v) is 3.42. The van der Waals surface area contributed by atoms with Gasteiger partial charge in [-0.25, -0.2) is 9.59 Å². The number of carbonyl (C=O) groups excluding carboxylic acids is 1. The molecule has 0 amide bonds. The van der Waals surface area contributed by atoms with Crippen LogP contribution in [0.15, 0.2) is 82.0 Å². The Labute approximate surface area is 185 Å². The standard InChI is InChI=1S/C26H22O6/c1-17-12-22(30-16-25(28)31-15-18-6-4-3-5-7-18)26-21(14-24(27)32-23(26)13-17)19-8-10-20(29-2)11-9-19/h3-14H,15-16H2,1-2H3. The third-order valence-corrected chi connectivity index (χ3v) is 4.94. The van der Waals surface area contributed by atoms with Gasteiger partial charge in [-0.15, -0.1) is 0 Å². The van der Waals surface area contributed by atoms with Gasteiger partial charge in [0.15, 0.2) is 6.61 Å². The molecule has 3 aromatic carbocycles. The topological polar surface area (TPSA) is 75.0 Å². The van der Waals surface area contributed by atoms with Crippen molar-refractivity contribution < 1.29 is 23.4 Å². The number of hydrogen-bond donors (Lipinski definition) is 0. The number of methoxy groups -OCH3 is 1. The largest absolute Gasteiger partial charge is 0.497 e. The Kier molecular flexibility index (Phi) is 6.22. The number of esters is 1. The fourth-order valence-electron chi connectivity index (χ4n) is 3.42. The number of benzene rings is 3. The number of rotatable bonds is 7. The van der Waals surface area contributed by atoms with Gasteiger partial charge < -0.3 is 18.6 Å². The van der Waals surface area contributed by atoms with Crippen molar-refractivity contribution in [3.63, 3.8) is 0 Å². The Balaban J connectivity index is 1.63. The quantitative estimate of drug-likeness (QED) is 0.307. The second kappa shape index (κ2) is 9.39. The first-order chi connectivity index (χ1) is 15.5. The van der Waals surface area contributed by atoms with Gasteiger partial charge in [-0.2, -0.15) is 0 Å². The molecule has 1 heterocycles. The van der Waals surface area contributed by atoms with E-state index < -0.39 is 11.6 Å². The zero-order chi connectivity index (χ0) is 22.5. The third-order valence-electron chi connectivity index (χ3n) is 4.94. The van der Waals surface area contributed by atoms with E-state index in [0.29, 0.717) is 28.0 Å². The lowest BCUT2D eigenvalue weighted by molar-refractivity contribution is -0.147. The Hall–Kier alpha value is -4.06. The molecular weight excluding hydrogens is 408 g/mol. The Morgan fingerprint density at radius 3 is 2.44 bits per heavy atom. The first-order valence-corrected chi connectivity index (χ1v) is 10.1. The summed E-state index contributed by atoms with van der Waals surface area (Å²) in [5, 5.41) is 0.608. The summed E-state index contributed by atoms with van der Waals surface area (Å²) in [6.45, 7) is 1.76. The molecule has 0 radical (unpaired) electrons. The van der Waals surface area contributed by atoms with E-state index in [4.69, 9.17) is 18.6 Å². The van der Waals surface area contributed by atoms with Crippen molar-refractivity contribution >= 4 is 16.9 Å². The van der Waals surface area contributed by atoms with Gasteiger partial charge in [-0.3, -0.25) is 0 Å². The molecule has 0 bridgehead atoms. The van der Waals surface area contributed by atoms with E-state index in [1.54, 1.807) is 19.2 Å². The highest BCUT2D eigenvalue weighted by Gasteiger charge is 2.16. The lowest BCUT2D eigenvalue weighted by atomic mass is 10.00. The Bertz CT molecular complexity index is 1290. The lowest BCUT2D eigenvalue weighted by Gasteiger charge is -2.13. The predicted octanol–water partition coefficient (Wildman–Crippen LogP) is 4.90. The van der Waals surface area contributed by atoms with Crippen LogP contribution < -0.4 is 15.1 Å². The molecule has 6 heteroatoms. The van der Waals surface area contributed by atoms with Crippen molar-refractivity contribution in [3.05, 3.63) is 94.3 Å². The highest BCUT2D eigenvalue weighted by molar-refractivity contribution is 5.98. The minimum atomic E-state index is -0.494. The second-order valence-corrected chi connectivity index (χ2v) is 7.28. The maximum absolute atomic E-state index is 12.3. The third kappa shape index (κ3) is 4.81. The molecule has 0 N–H and O–H groups in total. The maximum atomic E-state index is 12.3. The molecule has 32 heavy (non-hydrogen) atoms. The van der Waals surface area contributed by atoms with Gasteiger partial charge in [-0.1, -0.05) is 42.5 Å². The van der Waals surface area contributed by atoms with E-state index in [-0.39, 0.29) is 13.2 Å². The van der Waals surface area contributed by atoms with Crippen LogP contribution in [0, 0.1) is 6.92 Å². The molecule has 0 spiro atoms. The molecule has 0 saturated heterocycles. The molecule has 0 saturated carbocycles. The van der Waals surface area contributed by atoms with Gasteiger partial charge in [0.05, 0.1) is 12.5 Å².